The van der Waals surface area contributed by atoms with Gasteiger partial charge in [-0.3, -0.25) is 9.59 Å². The maximum Gasteiger partial charge on any atom is 0.257 e. The first kappa shape index (κ1) is 19.4. The number of hydrogen-bond acceptors (Lipinski definition) is 5. The van der Waals surface area contributed by atoms with Crippen molar-refractivity contribution in [2.45, 2.75) is 39.2 Å². The summed E-state index contributed by atoms with van der Waals surface area (Å²) in [7, 11) is 0. The van der Waals surface area contributed by atoms with E-state index in [2.05, 4.69) is 10.3 Å². The first-order chi connectivity index (χ1) is 13.1. The number of ether oxygens (including phenoxy) is 1. The van der Waals surface area contributed by atoms with Crippen LogP contribution in [-0.4, -0.2) is 41.4 Å². The van der Waals surface area contributed by atoms with Crippen LogP contribution in [0, 0.1) is 0 Å². The summed E-state index contributed by atoms with van der Waals surface area (Å²) in [6.07, 6.45) is 1.80. The number of aromatic nitrogens is 1. The molecule has 2 aromatic rings. The first-order valence-corrected chi connectivity index (χ1v) is 10.2. The third-order valence-corrected chi connectivity index (χ3v) is 5.69. The monoisotopic (exact) mass is 387 g/mol. The summed E-state index contributed by atoms with van der Waals surface area (Å²) >= 11 is 1.64. The number of piperidine rings is 1. The predicted molar refractivity (Wildman–Crippen MR) is 105 cm³/mol. The van der Waals surface area contributed by atoms with E-state index in [0.29, 0.717) is 43.5 Å². The molecular formula is C20H25N3O3S. The molecule has 3 rings (SSSR count). The molecule has 0 bridgehead atoms. The van der Waals surface area contributed by atoms with Crippen molar-refractivity contribution in [1.82, 2.24) is 15.2 Å². The van der Waals surface area contributed by atoms with Crippen LogP contribution in [0.15, 0.2) is 29.6 Å². The Morgan fingerprint density at radius 1 is 1.30 bits per heavy atom. The highest BCUT2D eigenvalue weighted by Gasteiger charge is 2.27. The minimum absolute atomic E-state index is 0.0305. The molecule has 0 aliphatic carbocycles. The number of hydrogen-bond donors (Lipinski definition) is 1. The van der Waals surface area contributed by atoms with Gasteiger partial charge in [0.25, 0.3) is 5.91 Å². The highest BCUT2D eigenvalue weighted by Crippen LogP contribution is 2.31. The molecular weight excluding hydrogens is 362 g/mol. The predicted octanol–water partition coefficient (Wildman–Crippen LogP) is 3.20. The Kier molecular flexibility index (Phi) is 6.45. The van der Waals surface area contributed by atoms with Gasteiger partial charge in [0.1, 0.15) is 5.75 Å². The molecule has 6 nitrogen and oxygen atoms in total. The molecule has 1 aliphatic heterocycles. The van der Waals surface area contributed by atoms with E-state index in [1.54, 1.807) is 11.3 Å². The van der Waals surface area contributed by atoms with Crippen molar-refractivity contribution in [3.8, 4) is 5.75 Å². The van der Waals surface area contributed by atoms with Crippen LogP contribution in [0.3, 0.4) is 0 Å². The van der Waals surface area contributed by atoms with Crippen LogP contribution >= 0.6 is 11.3 Å². The molecule has 7 heteroatoms. The molecule has 1 saturated heterocycles. The molecule has 1 aliphatic rings. The van der Waals surface area contributed by atoms with Gasteiger partial charge in [0.2, 0.25) is 5.91 Å². The summed E-state index contributed by atoms with van der Waals surface area (Å²) in [6, 6.07) is 7.42. The quantitative estimate of drug-likeness (QED) is 0.826. The zero-order valence-corrected chi connectivity index (χ0v) is 16.6. The Hall–Kier alpha value is -2.41. The number of likely N-dealkylation sites (tertiary alicyclic amines) is 1. The highest BCUT2D eigenvalue weighted by molar-refractivity contribution is 7.09. The molecule has 0 saturated carbocycles. The van der Waals surface area contributed by atoms with Crippen LogP contribution in [0.25, 0.3) is 0 Å². The zero-order valence-electron chi connectivity index (χ0n) is 15.7. The van der Waals surface area contributed by atoms with E-state index >= 15 is 0 Å². The van der Waals surface area contributed by atoms with Gasteiger partial charge < -0.3 is 15.0 Å². The Balaban J connectivity index is 1.59. The standard InChI is InChI=1S/C20H25N3O3S/c1-3-26-18-7-5-4-6-17(18)20(25)23-10-8-15(9-11-23)19-22-16(13-27-19)12-21-14(2)24/h4-7,13,15H,3,8-12H2,1-2H3,(H,21,24). The number of nitrogens with one attached hydrogen (secondary N) is 1. The van der Waals surface area contributed by atoms with Crippen LogP contribution in [0.5, 0.6) is 5.75 Å². The molecule has 1 aromatic heterocycles. The van der Waals surface area contributed by atoms with Gasteiger partial charge in [-0.15, -0.1) is 11.3 Å². The van der Waals surface area contributed by atoms with Crippen molar-refractivity contribution in [3.05, 3.63) is 45.9 Å². The van der Waals surface area contributed by atoms with Crippen molar-refractivity contribution in [3.63, 3.8) is 0 Å². The minimum atomic E-state index is -0.0521. The lowest BCUT2D eigenvalue weighted by Crippen LogP contribution is -2.38. The summed E-state index contributed by atoms with van der Waals surface area (Å²) in [5.74, 6) is 0.994. The van der Waals surface area contributed by atoms with Crippen molar-refractivity contribution < 1.29 is 14.3 Å². The second kappa shape index (κ2) is 8.99. The smallest absolute Gasteiger partial charge is 0.257 e. The Morgan fingerprint density at radius 3 is 2.74 bits per heavy atom. The van der Waals surface area contributed by atoms with E-state index in [4.69, 9.17) is 4.74 Å². The SMILES string of the molecule is CCOc1ccccc1C(=O)N1CCC(c2nc(CNC(C)=O)cs2)CC1. The number of carbonyl (C=O) groups excluding carboxylic acids is 2. The van der Waals surface area contributed by atoms with E-state index in [0.717, 1.165) is 23.5 Å². The van der Waals surface area contributed by atoms with Crippen molar-refractivity contribution in [1.29, 1.82) is 0 Å². The Labute approximate surface area is 163 Å². The minimum Gasteiger partial charge on any atom is -0.493 e. The molecule has 2 heterocycles. The number of carbonyl (C=O) groups is 2. The molecule has 2 amide bonds. The summed E-state index contributed by atoms with van der Waals surface area (Å²) in [6.45, 7) is 5.86. The molecule has 0 spiro atoms. The van der Waals surface area contributed by atoms with Crippen LogP contribution in [0.2, 0.25) is 0 Å². The van der Waals surface area contributed by atoms with Gasteiger partial charge >= 0.3 is 0 Å². The van der Waals surface area contributed by atoms with E-state index in [-0.39, 0.29) is 11.8 Å². The van der Waals surface area contributed by atoms with Gasteiger partial charge in [0.15, 0.2) is 0 Å². The van der Waals surface area contributed by atoms with Crippen molar-refractivity contribution >= 4 is 23.2 Å². The molecule has 0 radical (unpaired) electrons. The lowest BCUT2D eigenvalue weighted by molar-refractivity contribution is -0.119. The molecule has 1 aromatic carbocycles. The van der Waals surface area contributed by atoms with Gasteiger partial charge in [-0.1, -0.05) is 12.1 Å². The average molecular weight is 388 g/mol. The molecule has 144 valence electrons. The normalized spacial score (nSPS) is 14.8. The average Bonchev–Trinajstić information content (AvgIpc) is 3.16. The van der Waals surface area contributed by atoms with Gasteiger partial charge in [-0.05, 0) is 31.9 Å². The van der Waals surface area contributed by atoms with E-state index in [1.165, 1.54) is 6.92 Å². The maximum absolute atomic E-state index is 12.9. The van der Waals surface area contributed by atoms with E-state index < -0.39 is 0 Å². The maximum atomic E-state index is 12.9. The Bertz CT molecular complexity index is 797. The van der Waals surface area contributed by atoms with Gasteiger partial charge in [0, 0.05) is 31.3 Å². The van der Waals surface area contributed by atoms with Crippen molar-refractivity contribution in [2.75, 3.05) is 19.7 Å². The third-order valence-electron chi connectivity index (χ3n) is 4.64. The van der Waals surface area contributed by atoms with Crippen LogP contribution in [-0.2, 0) is 11.3 Å². The number of thiazole rings is 1. The molecule has 0 unspecified atom stereocenters. The lowest BCUT2D eigenvalue weighted by atomic mass is 9.97. The first-order valence-electron chi connectivity index (χ1n) is 9.28. The lowest BCUT2D eigenvalue weighted by Gasteiger charge is -2.31. The van der Waals surface area contributed by atoms with Crippen LogP contribution in [0.1, 0.15) is 53.7 Å². The van der Waals surface area contributed by atoms with Gasteiger partial charge in [-0.2, -0.15) is 0 Å². The largest absolute Gasteiger partial charge is 0.493 e. The van der Waals surface area contributed by atoms with Crippen molar-refractivity contribution in [2.24, 2.45) is 0 Å². The summed E-state index contributed by atoms with van der Waals surface area (Å²) in [5, 5.41) is 5.87. The van der Waals surface area contributed by atoms with Gasteiger partial charge in [-0.25, -0.2) is 4.98 Å². The summed E-state index contributed by atoms with van der Waals surface area (Å²) < 4.78 is 5.60. The second-order valence-corrected chi connectivity index (χ2v) is 7.47. The van der Waals surface area contributed by atoms with E-state index in [9.17, 15) is 9.59 Å². The number of amides is 2. The molecule has 1 N–H and O–H groups in total. The number of benzene rings is 1. The summed E-state index contributed by atoms with van der Waals surface area (Å²) in [5.41, 5.74) is 1.53. The highest BCUT2D eigenvalue weighted by atomic mass is 32.1. The van der Waals surface area contributed by atoms with Crippen LogP contribution < -0.4 is 10.1 Å². The summed E-state index contributed by atoms with van der Waals surface area (Å²) in [4.78, 5) is 30.5. The molecule has 27 heavy (non-hydrogen) atoms. The zero-order chi connectivity index (χ0) is 19.2. The number of nitrogens with zero attached hydrogens (tertiary/aromatic N) is 2. The second-order valence-electron chi connectivity index (χ2n) is 6.58. The van der Waals surface area contributed by atoms with Gasteiger partial charge in [0.05, 0.1) is 29.4 Å². The topological polar surface area (TPSA) is 71.5 Å². The molecule has 1 fully saturated rings. The fourth-order valence-electron chi connectivity index (χ4n) is 3.23. The van der Waals surface area contributed by atoms with E-state index in [1.807, 2.05) is 41.5 Å². The third kappa shape index (κ3) is 4.86. The molecule has 0 atom stereocenters. The fourth-order valence-corrected chi connectivity index (χ4v) is 4.22. The Morgan fingerprint density at radius 2 is 2.04 bits per heavy atom. The fraction of sp³-hybridized carbons (Fsp3) is 0.450. The number of rotatable bonds is 6. The van der Waals surface area contributed by atoms with Crippen LogP contribution in [0.4, 0.5) is 0 Å². The number of para-hydroxylation sites is 1.